The second kappa shape index (κ2) is 5.65. The first kappa shape index (κ1) is 12.6. The standard InChI is InChI=1S/C15H16FNO/c1-11-6-7-14(16)8-13(11)10-17-9-12-4-2-3-5-15(12)18/h2-8,17-18H,9-10H2,1H3. The van der Waals surface area contributed by atoms with Crippen LogP contribution >= 0.6 is 0 Å². The minimum absolute atomic E-state index is 0.222. The lowest BCUT2D eigenvalue weighted by Crippen LogP contribution is -2.13. The molecule has 0 aliphatic heterocycles. The number of para-hydroxylation sites is 1. The average Bonchev–Trinajstić information content (AvgIpc) is 2.36. The van der Waals surface area contributed by atoms with Gasteiger partial charge in [-0.3, -0.25) is 0 Å². The predicted molar refractivity (Wildman–Crippen MR) is 69.8 cm³/mol. The van der Waals surface area contributed by atoms with Gasteiger partial charge in [0.25, 0.3) is 0 Å². The fourth-order valence-corrected chi connectivity index (χ4v) is 1.82. The van der Waals surface area contributed by atoms with E-state index in [0.29, 0.717) is 13.1 Å². The van der Waals surface area contributed by atoms with Crippen LogP contribution in [-0.2, 0) is 13.1 Å². The van der Waals surface area contributed by atoms with Gasteiger partial charge in [0, 0.05) is 18.7 Å². The van der Waals surface area contributed by atoms with Crippen LogP contribution in [0.4, 0.5) is 4.39 Å². The molecule has 2 nitrogen and oxygen atoms in total. The lowest BCUT2D eigenvalue weighted by Gasteiger charge is -2.09. The molecule has 2 N–H and O–H groups in total. The summed E-state index contributed by atoms with van der Waals surface area (Å²) in [5.74, 6) is 0.0564. The third kappa shape index (κ3) is 3.08. The Morgan fingerprint density at radius 2 is 1.78 bits per heavy atom. The van der Waals surface area contributed by atoms with E-state index in [0.717, 1.165) is 16.7 Å². The van der Waals surface area contributed by atoms with Crippen molar-refractivity contribution < 1.29 is 9.50 Å². The number of phenolic OH excluding ortho intramolecular Hbond substituents is 1. The van der Waals surface area contributed by atoms with Gasteiger partial charge in [-0.1, -0.05) is 24.3 Å². The van der Waals surface area contributed by atoms with Crippen LogP contribution in [-0.4, -0.2) is 5.11 Å². The molecule has 0 amide bonds. The Morgan fingerprint density at radius 3 is 2.56 bits per heavy atom. The maximum Gasteiger partial charge on any atom is 0.123 e. The van der Waals surface area contributed by atoms with Crippen LogP contribution in [0.15, 0.2) is 42.5 Å². The molecule has 0 aliphatic carbocycles. The van der Waals surface area contributed by atoms with E-state index < -0.39 is 0 Å². The molecule has 0 spiro atoms. The van der Waals surface area contributed by atoms with Crippen LogP contribution in [0.1, 0.15) is 16.7 Å². The van der Waals surface area contributed by atoms with Crippen molar-refractivity contribution in [2.45, 2.75) is 20.0 Å². The molecule has 0 aliphatic rings. The van der Waals surface area contributed by atoms with E-state index in [-0.39, 0.29) is 11.6 Å². The van der Waals surface area contributed by atoms with Crippen molar-refractivity contribution in [3.63, 3.8) is 0 Å². The molecule has 2 rings (SSSR count). The minimum Gasteiger partial charge on any atom is -0.508 e. The van der Waals surface area contributed by atoms with Crippen molar-refractivity contribution in [2.75, 3.05) is 0 Å². The summed E-state index contributed by atoms with van der Waals surface area (Å²) < 4.78 is 13.1. The molecule has 3 heteroatoms. The van der Waals surface area contributed by atoms with Gasteiger partial charge in [0.15, 0.2) is 0 Å². The highest BCUT2D eigenvalue weighted by atomic mass is 19.1. The zero-order valence-electron chi connectivity index (χ0n) is 10.3. The average molecular weight is 245 g/mol. The fourth-order valence-electron chi connectivity index (χ4n) is 1.82. The summed E-state index contributed by atoms with van der Waals surface area (Å²) in [6.07, 6.45) is 0. The number of phenols is 1. The third-order valence-corrected chi connectivity index (χ3v) is 2.93. The molecule has 18 heavy (non-hydrogen) atoms. The highest BCUT2D eigenvalue weighted by Crippen LogP contribution is 2.15. The first-order valence-electron chi connectivity index (χ1n) is 5.89. The van der Waals surface area contributed by atoms with Gasteiger partial charge in [-0.25, -0.2) is 4.39 Å². The molecule has 0 aromatic heterocycles. The number of aryl methyl sites for hydroxylation is 1. The molecule has 0 fully saturated rings. The Balaban J connectivity index is 1.96. The largest absolute Gasteiger partial charge is 0.508 e. The van der Waals surface area contributed by atoms with Gasteiger partial charge >= 0.3 is 0 Å². The highest BCUT2D eigenvalue weighted by Gasteiger charge is 2.02. The maximum absolute atomic E-state index is 13.1. The smallest absolute Gasteiger partial charge is 0.123 e. The number of rotatable bonds is 4. The van der Waals surface area contributed by atoms with E-state index in [9.17, 15) is 9.50 Å². The SMILES string of the molecule is Cc1ccc(F)cc1CNCc1ccccc1O. The monoisotopic (exact) mass is 245 g/mol. The van der Waals surface area contributed by atoms with E-state index in [1.807, 2.05) is 19.1 Å². The molecule has 0 heterocycles. The van der Waals surface area contributed by atoms with E-state index in [2.05, 4.69) is 5.32 Å². The van der Waals surface area contributed by atoms with Gasteiger partial charge in [-0.2, -0.15) is 0 Å². The van der Waals surface area contributed by atoms with Gasteiger partial charge in [-0.15, -0.1) is 0 Å². The van der Waals surface area contributed by atoms with E-state index >= 15 is 0 Å². The van der Waals surface area contributed by atoms with Crippen LogP contribution in [0.3, 0.4) is 0 Å². The first-order valence-corrected chi connectivity index (χ1v) is 5.89. The van der Waals surface area contributed by atoms with Crippen molar-refractivity contribution >= 4 is 0 Å². The molecule has 0 atom stereocenters. The second-order valence-corrected chi connectivity index (χ2v) is 4.30. The van der Waals surface area contributed by atoms with Gasteiger partial charge in [0.2, 0.25) is 0 Å². The molecule has 0 unspecified atom stereocenters. The van der Waals surface area contributed by atoms with Crippen molar-refractivity contribution in [3.8, 4) is 5.75 Å². The zero-order chi connectivity index (χ0) is 13.0. The zero-order valence-corrected chi connectivity index (χ0v) is 10.3. The molecule has 0 radical (unpaired) electrons. The van der Waals surface area contributed by atoms with Gasteiger partial charge in [0.05, 0.1) is 0 Å². The van der Waals surface area contributed by atoms with Crippen LogP contribution in [0.2, 0.25) is 0 Å². The normalized spacial score (nSPS) is 10.6. The van der Waals surface area contributed by atoms with Crippen LogP contribution in [0.5, 0.6) is 5.75 Å². The third-order valence-electron chi connectivity index (χ3n) is 2.93. The molecule has 2 aromatic rings. The van der Waals surface area contributed by atoms with E-state index in [1.165, 1.54) is 12.1 Å². The molecule has 2 aromatic carbocycles. The van der Waals surface area contributed by atoms with E-state index in [1.54, 1.807) is 18.2 Å². The first-order chi connectivity index (χ1) is 8.66. The molecule has 0 saturated heterocycles. The van der Waals surface area contributed by atoms with Crippen LogP contribution in [0.25, 0.3) is 0 Å². The second-order valence-electron chi connectivity index (χ2n) is 4.30. The number of hydrogen-bond donors (Lipinski definition) is 2. The lowest BCUT2D eigenvalue weighted by atomic mass is 10.1. The van der Waals surface area contributed by atoms with Crippen molar-refractivity contribution in [2.24, 2.45) is 0 Å². The van der Waals surface area contributed by atoms with E-state index in [4.69, 9.17) is 0 Å². The lowest BCUT2D eigenvalue weighted by molar-refractivity contribution is 0.464. The van der Waals surface area contributed by atoms with Gasteiger partial charge in [-0.05, 0) is 36.2 Å². The number of nitrogens with one attached hydrogen (secondary N) is 1. The molecule has 0 bridgehead atoms. The number of hydrogen-bond acceptors (Lipinski definition) is 2. The Bertz CT molecular complexity index is 540. The topological polar surface area (TPSA) is 32.3 Å². The van der Waals surface area contributed by atoms with Crippen LogP contribution in [0, 0.1) is 12.7 Å². The van der Waals surface area contributed by atoms with Crippen molar-refractivity contribution in [1.82, 2.24) is 5.32 Å². The molecular weight excluding hydrogens is 229 g/mol. The predicted octanol–water partition coefficient (Wildman–Crippen LogP) is 3.13. The number of aromatic hydroxyl groups is 1. The quantitative estimate of drug-likeness (QED) is 0.867. The van der Waals surface area contributed by atoms with Gasteiger partial charge < -0.3 is 10.4 Å². The van der Waals surface area contributed by atoms with Crippen LogP contribution < -0.4 is 5.32 Å². The number of benzene rings is 2. The Morgan fingerprint density at radius 1 is 1.06 bits per heavy atom. The summed E-state index contributed by atoms with van der Waals surface area (Å²) in [4.78, 5) is 0. The Labute approximate surface area is 106 Å². The minimum atomic E-state index is -0.222. The molecular formula is C15H16FNO. The molecule has 94 valence electrons. The Kier molecular flexibility index (Phi) is 3.95. The maximum atomic E-state index is 13.1. The summed E-state index contributed by atoms with van der Waals surface area (Å²) in [5, 5.41) is 12.8. The summed E-state index contributed by atoms with van der Waals surface area (Å²) in [7, 11) is 0. The van der Waals surface area contributed by atoms with Crippen molar-refractivity contribution in [3.05, 3.63) is 65.0 Å². The highest BCUT2D eigenvalue weighted by molar-refractivity contribution is 5.32. The summed E-state index contributed by atoms with van der Waals surface area (Å²) in [6.45, 7) is 3.09. The van der Waals surface area contributed by atoms with Crippen molar-refractivity contribution in [1.29, 1.82) is 0 Å². The molecule has 0 saturated carbocycles. The summed E-state index contributed by atoms with van der Waals surface area (Å²) in [6, 6.07) is 12.0. The fraction of sp³-hybridized carbons (Fsp3) is 0.200. The van der Waals surface area contributed by atoms with Gasteiger partial charge in [0.1, 0.15) is 11.6 Å². The Hall–Kier alpha value is -1.87. The summed E-state index contributed by atoms with van der Waals surface area (Å²) in [5.41, 5.74) is 2.83. The summed E-state index contributed by atoms with van der Waals surface area (Å²) >= 11 is 0. The number of halogens is 1.